The second kappa shape index (κ2) is 7.34. The summed E-state index contributed by atoms with van der Waals surface area (Å²) in [7, 11) is 0. The van der Waals surface area contributed by atoms with Crippen molar-refractivity contribution < 1.29 is 9.53 Å². The van der Waals surface area contributed by atoms with E-state index >= 15 is 0 Å². The molecule has 1 unspecified atom stereocenters. The number of nitrogens with one attached hydrogen (secondary N) is 1. The van der Waals surface area contributed by atoms with Gasteiger partial charge in [-0.1, -0.05) is 19.1 Å². The zero-order valence-electron chi connectivity index (χ0n) is 14.7. The molecular weight excluding hydrogens is 312 g/mol. The minimum absolute atomic E-state index is 0.116. The van der Waals surface area contributed by atoms with Crippen LogP contribution in [0.2, 0.25) is 0 Å². The van der Waals surface area contributed by atoms with Crippen LogP contribution in [0, 0.1) is 6.92 Å². The van der Waals surface area contributed by atoms with E-state index in [1.165, 1.54) is 0 Å². The van der Waals surface area contributed by atoms with E-state index in [-0.39, 0.29) is 12.0 Å². The first-order chi connectivity index (χ1) is 12.1. The third kappa shape index (κ3) is 3.97. The topological polar surface area (TPSA) is 51.2 Å². The van der Waals surface area contributed by atoms with E-state index in [0.717, 1.165) is 28.7 Å². The number of aromatic nitrogens is 1. The van der Waals surface area contributed by atoms with Gasteiger partial charge in [-0.05, 0) is 62.7 Å². The number of anilines is 1. The van der Waals surface area contributed by atoms with Crippen LogP contribution in [0.5, 0.6) is 5.75 Å². The van der Waals surface area contributed by atoms with E-state index in [4.69, 9.17) is 4.74 Å². The maximum atomic E-state index is 12.6. The van der Waals surface area contributed by atoms with Gasteiger partial charge in [0.25, 0.3) is 5.91 Å². The maximum Gasteiger partial charge on any atom is 0.255 e. The molecule has 1 amide bonds. The van der Waals surface area contributed by atoms with Crippen molar-refractivity contribution >= 4 is 22.5 Å². The third-order valence-corrected chi connectivity index (χ3v) is 4.13. The van der Waals surface area contributed by atoms with Gasteiger partial charge in [0.2, 0.25) is 0 Å². The highest BCUT2D eigenvalue weighted by Gasteiger charge is 2.11. The zero-order valence-corrected chi connectivity index (χ0v) is 14.7. The fourth-order valence-corrected chi connectivity index (χ4v) is 2.59. The number of nitrogens with zero attached hydrogens (tertiary/aromatic N) is 1. The molecule has 0 saturated heterocycles. The molecule has 25 heavy (non-hydrogen) atoms. The Balaban J connectivity index is 1.84. The normalized spacial score (nSPS) is 12.0. The SMILES string of the molecule is CCC(C)Oc1cccc(C(=O)Nc2cccc3nc(C)ccc23)c1. The van der Waals surface area contributed by atoms with Gasteiger partial charge in [-0.2, -0.15) is 0 Å². The number of aryl methyl sites for hydroxylation is 1. The van der Waals surface area contributed by atoms with Crippen molar-refractivity contribution in [3.05, 3.63) is 65.9 Å². The summed E-state index contributed by atoms with van der Waals surface area (Å²) in [5, 5.41) is 3.91. The fraction of sp³-hybridized carbons (Fsp3) is 0.238. The van der Waals surface area contributed by atoms with Gasteiger partial charge in [-0.3, -0.25) is 9.78 Å². The first-order valence-corrected chi connectivity index (χ1v) is 8.51. The lowest BCUT2D eigenvalue weighted by Crippen LogP contribution is -2.14. The number of benzene rings is 2. The number of pyridine rings is 1. The van der Waals surface area contributed by atoms with Crippen molar-refractivity contribution in [2.75, 3.05) is 5.32 Å². The molecule has 0 aliphatic carbocycles. The summed E-state index contributed by atoms with van der Waals surface area (Å²) in [5.74, 6) is 0.542. The van der Waals surface area contributed by atoms with Crippen molar-refractivity contribution in [2.45, 2.75) is 33.3 Å². The molecule has 0 aliphatic rings. The van der Waals surface area contributed by atoms with Gasteiger partial charge in [0.05, 0.1) is 17.3 Å². The van der Waals surface area contributed by atoms with Crippen LogP contribution >= 0.6 is 0 Å². The van der Waals surface area contributed by atoms with Crippen molar-refractivity contribution in [3.63, 3.8) is 0 Å². The van der Waals surface area contributed by atoms with E-state index in [0.29, 0.717) is 11.3 Å². The predicted octanol–water partition coefficient (Wildman–Crippen LogP) is 4.97. The van der Waals surface area contributed by atoms with Crippen LogP contribution in [0.1, 0.15) is 36.3 Å². The molecule has 3 aromatic rings. The summed E-state index contributed by atoms with van der Waals surface area (Å²) >= 11 is 0. The Kier molecular flexibility index (Phi) is 4.98. The van der Waals surface area contributed by atoms with Crippen LogP contribution in [0.3, 0.4) is 0 Å². The highest BCUT2D eigenvalue weighted by atomic mass is 16.5. The minimum atomic E-state index is -0.164. The van der Waals surface area contributed by atoms with Crippen LogP contribution in [-0.4, -0.2) is 17.0 Å². The molecule has 1 heterocycles. The molecule has 3 rings (SSSR count). The number of hydrogen-bond donors (Lipinski definition) is 1. The van der Waals surface area contributed by atoms with Gasteiger partial charge in [0.15, 0.2) is 0 Å². The molecule has 0 radical (unpaired) electrons. The number of fused-ring (bicyclic) bond motifs is 1. The summed E-state index contributed by atoms with van der Waals surface area (Å²) in [6.45, 7) is 6.03. The highest BCUT2D eigenvalue weighted by molar-refractivity contribution is 6.08. The molecule has 4 heteroatoms. The molecule has 128 valence electrons. The smallest absolute Gasteiger partial charge is 0.255 e. The Hall–Kier alpha value is -2.88. The number of amides is 1. The molecule has 1 N–H and O–H groups in total. The van der Waals surface area contributed by atoms with Gasteiger partial charge < -0.3 is 10.1 Å². The van der Waals surface area contributed by atoms with E-state index in [1.807, 2.05) is 56.3 Å². The summed E-state index contributed by atoms with van der Waals surface area (Å²) in [4.78, 5) is 17.1. The number of ether oxygens (including phenoxy) is 1. The van der Waals surface area contributed by atoms with Crippen LogP contribution < -0.4 is 10.1 Å². The van der Waals surface area contributed by atoms with Gasteiger partial charge >= 0.3 is 0 Å². The average Bonchev–Trinajstić information content (AvgIpc) is 2.61. The first kappa shape index (κ1) is 17.0. The second-order valence-corrected chi connectivity index (χ2v) is 6.14. The predicted molar refractivity (Wildman–Crippen MR) is 101 cm³/mol. The molecular formula is C21H22N2O2. The van der Waals surface area contributed by atoms with Crippen LogP contribution in [0.25, 0.3) is 10.9 Å². The van der Waals surface area contributed by atoms with Crippen LogP contribution in [0.15, 0.2) is 54.6 Å². The Labute approximate surface area is 147 Å². The third-order valence-electron chi connectivity index (χ3n) is 4.13. The molecule has 2 aromatic carbocycles. The molecule has 0 bridgehead atoms. The molecule has 0 fully saturated rings. The number of rotatable bonds is 5. The average molecular weight is 334 g/mol. The molecule has 4 nitrogen and oxygen atoms in total. The van der Waals surface area contributed by atoms with Crippen LogP contribution in [-0.2, 0) is 0 Å². The van der Waals surface area contributed by atoms with Crippen LogP contribution in [0.4, 0.5) is 5.69 Å². The monoisotopic (exact) mass is 334 g/mol. The Bertz CT molecular complexity index is 905. The molecule has 1 aromatic heterocycles. The maximum absolute atomic E-state index is 12.6. The van der Waals surface area contributed by atoms with Gasteiger partial charge in [0, 0.05) is 16.6 Å². The lowest BCUT2D eigenvalue weighted by atomic mass is 10.1. The second-order valence-electron chi connectivity index (χ2n) is 6.14. The largest absolute Gasteiger partial charge is 0.491 e. The Morgan fingerprint density at radius 1 is 1.16 bits per heavy atom. The van der Waals surface area contributed by atoms with Gasteiger partial charge in [-0.15, -0.1) is 0 Å². The first-order valence-electron chi connectivity index (χ1n) is 8.51. The zero-order chi connectivity index (χ0) is 17.8. The van der Waals surface area contributed by atoms with Gasteiger partial charge in [0.1, 0.15) is 5.75 Å². The Morgan fingerprint density at radius 2 is 1.96 bits per heavy atom. The number of carbonyl (C=O) groups is 1. The van der Waals surface area contributed by atoms with Crippen molar-refractivity contribution in [3.8, 4) is 5.75 Å². The van der Waals surface area contributed by atoms with E-state index in [9.17, 15) is 4.79 Å². The lowest BCUT2D eigenvalue weighted by molar-refractivity contribution is 0.102. The van der Waals surface area contributed by atoms with E-state index < -0.39 is 0 Å². The summed E-state index contributed by atoms with van der Waals surface area (Å²) in [5.41, 5.74) is 3.14. The quantitative estimate of drug-likeness (QED) is 0.716. The van der Waals surface area contributed by atoms with E-state index in [2.05, 4.69) is 17.2 Å². The summed E-state index contributed by atoms with van der Waals surface area (Å²) < 4.78 is 5.80. The van der Waals surface area contributed by atoms with E-state index in [1.54, 1.807) is 12.1 Å². The standard InChI is InChI=1S/C21H22N2O2/c1-4-15(3)25-17-8-5-7-16(13-17)21(24)23-20-10-6-9-19-18(20)12-11-14(2)22-19/h5-13,15H,4H2,1-3H3,(H,23,24). The molecule has 1 atom stereocenters. The highest BCUT2D eigenvalue weighted by Crippen LogP contribution is 2.23. The van der Waals surface area contributed by atoms with Crippen molar-refractivity contribution in [1.82, 2.24) is 4.98 Å². The van der Waals surface area contributed by atoms with Crippen molar-refractivity contribution in [1.29, 1.82) is 0 Å². The van der Waals surface area contributed by atoms with Gasteiger partial charge in [-0.25, -0.2) is 0 Å². The van der Waals surface area contributed by atoms with Crippen molar-refractivity contribution in [2.24, 2.45) is 0 Å². The Morgan fingerprint density at radius 3 is 2.76 bits per heavy atom. The summed E-state index contributed by atoms with van der Waals surface area (Å²) in [6.07, 6.45) is 1.03. The number of carbonyl (C=O) groups excluding carboxylic acids is 1. The molecule has 0 saturated carbocycles. The fourth-order valence-electron chi connectivity index (χ4n) is 2.59. The lowest BCUT2D eigenvalue weighted by Gasteiger charge is -2.13. The minimum Gasteiger partial charge on any atom is -0.491 e. The molecule has 0 aliphatic heterocycles. The molecule has 0 spiro atoms. The summed E-state index contributed by atoms with van der Waals surface area (Å²) in [6, 6.07) is 16.9. The number of hydrogen-bond acceptors (Lipinski definition) is 3.